The second-order valence-corrected chi connectivity index (χ2v) is 7.27. The maximum atomic E-state index is 11.6. The molecule has 0 saturated heterocycles. The first kappa shape index (κ1) is 18.8. The van der Waals surface area contributed by atoms with E-state index in [0.717, 1.165) is 50.2 Å². The van der Waals surface area contributed by atoms with Gasteiger partial charge in [0.2, 0.25) is 0 Å². The number of hydrogen-bond acceptors (Lipinski definition) is 2. The van der Waals surface area contributed by atoms with Crippen LogP contribution in [0.25, 0.3) is 22.2 Å². The maximum absolute atomic E-state index is 11.6. The number of nitrogens with one attached hydrogen (secondary N) is 1. The summed E-state index contributed by atoms with van der Waals surface area (Å²) >= 11 is 0. The number of aromatic nitrogens is 1. The number of benzene rings is 3. The third kappa shape index (κ3) is 3.74. The van der Waals surface area contributed by atoms with Crippen molar-refractivity contribution in [3.63, 3.8) is 0 Å². The minimum atomic E-state index is -0.851. The number of hydrogen-bond donors (Lipinski definition) is 2. The first-order valence-corrected chi connectivity index (χ1v) is 9.63. The lowest BCUT2D eigenvalue weighted by Crippen LogP contribution is -2.02. The van der Waals surface area contributed by atoms with E-state index in [4.69, 9.17) is 4.74 Å². The average Bonchev–Trinajstić information content (AvgIpc) is 3.10. The normalized spacial score (nSPS) is 11.0. The van der Waals surface area contributed by atoms with Gasteiger partial charge in [-0.3, -0.25) is 4.79 Å². The summed E-state index contributed by atoms with van der Waals surface area (Å²) in [7, 11) is 0. The SMILES string of the molecule is Cc1ccc(C)c2c(CC(=O)O)c(-c3ccccc3OCc3ccccc3)[nH]c12. The molecular weight excluding hydrogens is 362 g/mol. The van der Waals surface area contributed by atoms with Gasteiger partial charge >= 0.3 is 5.97 Å². The molecule has 4 aromatic rings. The fourth-order valence-electron chi connectivity index (χ4n) is 3.78. The molecule has 4 heteroatoms. The molecule has 0 amide bonds. The standard InChI is InChI=1S/C25H23NO3/c1-16-12-13-17(2)24-23(16)20(14-22(27)28)25(26-24)19-10-6-7-11-21(19)29-15-18-8-4-3-5-9-18/h3-13,26H,14-15H2,1-2H3,(H,27,28). The van der Waals surface area contributed by atoms with E-state index in [-0.39, 0.29) is 6.42 Å². The summed E-state index contributed by atoms with van der Waals surface area (Å²) in [5.41, 5.74) is 6.69. The van der Waals surface area contributed by atoms with Gasteiger partial charge in [-0.15, -0.1) is 0 Å². The summed E-state index contributed by atoms with van der Waals surface area (Å²) in [5.74, 6) is -0.124. The fourth-order valence-corrected chi connectivity index (χ4v) is 3.78. The van der Waals surface area contributed by atoms with Gasteiger partial charge in [-0.25, -0.2) is 0 Å². The molecule has 2 N–H and O–H groups in total. The first-order chi connectivity index (χ1) is 14.0. The Kier molecular flexibility index (Phi) is 5.09. The van der Waals surface area contributed by atoms with E-state index < -0.39 is 5.97 Å². The Balaban J connectivity index is 1.83. The third-order valence-electron chi connectivity index (χ3n) is 5.20. The molecule has 1 aromatic heterocycles. The van der Waals surface area contributed by atoms with Gasteiger partial charge in [0.25, 0.3) is 0 Å². The van der Waals surface area contributed by atoms with Crippen LogP contribution >= 0.6 is 0 Å². The molecule has 0 bridgehead atoms. The molecule has 29 heavy (non-hydrogen) atoms. The largest absolute Gasteiger partial charge is 0.488 e. The molecule has 1 heterocycles. The maximum Gasteiger partial charge on any atom is 0.307 e. The molecule has 0 saturated carbocycles. The van der Waals surface area contributed by atoms with E-state index in [1.807, 2.05) is 74.5 Å². The van der Waals surface area contributed by atoms with Crippen LogP contribution in [0.2, 0.25) is 0 Å². The molecule has 4 nitrogen and oxygen atoms in total. The van der Waals surface area contributed by atoms with Crippen LogP contribution in [0.15, 0.2) is 66.7 Å². The number of carboxylic acid groups (broad SMARTS) is 1. The Labute approximate surface area is 169 Å². The molecule has 3 aromatic carbocycles. The Morgan fingerprint density at radius 1 is 0.931 bits per heavy atom. The number of ether oxygens (including phenoxy) is 1. The summed E-state index contributed by atoms with van der Waals surface area (Å²) in [5, 5.41) is 10.5. The molecule has 0 fully saturated rings. The summed E-state index contributed by atoms with van der Waals surface area (Å²) in [4.78, 5) is 15.1. The number of H-pyrrole nitrogens is 1. The highest BCUT2D eigenvalue weighted by atomic mass is 16.5. The lowest BCUT2D eigenvalue weighted by atomic mass is 9.98. The van der Waals surface area contributed by atoms with Gasteiger partial charge in [-0.1, -0.05) is 54.6 Å². The van der Waals surface area contributed by atoms with Crippen LogP contribution in [0.5, 0.6) is 5.75 Å². The number of carbonyl (C=O) groups is 1. The van der Waals surface area contributed by atoms with Gasteiger partial charge < -0.3 is 14.8 Å². The van der Waals surface area contributed by atoms with Crippen LogP contribution in [0.4, 0.5) is 0 Å². The van der Waals surface area contributed by atoms with Crippen molar-refractivity contribution in [2.24, 2.45) is 0 Å². The molecular formula is C25H23NO3. The fraction of sp³-hybridized carbons (Fsp3) is 0.160. The van der Waals surface area contributed by atoms with Crippen LogP contribution in [-0.2, 0) is 17.8 Å². The number of carboxylic acids is 1. The number of rotatable bonds is 6. The predicted octanol–water partition coefficient (Wildman–Crippen LogP) is 5.66. The second-order valence-electron chi connectivity index (χ2n) is 7.27. The summed E-state index contributed by atoms with van der Waals surface area (Å²) in [6.45, 7) is 4.50. The number of aliphatic carboxylic acids is 1. The van der Waals surface area contributed by atoms with E-state index in [2.05, 4.69) is 11.1 Å². The van der Waals surface area contributed by atoms with Crippen LogP contribution in [-0.4, -0.2) is 16.1 Å². The summed E-state index contributed by atoms with van der Waals surface area (Å²) in [6, 6.07) is 21.9. The van der Waals surface area contributed by atoms with Gasteiger partial charge in [-0.05, 0) is 48.2 Å². The molecule has 0 aliphatic rings. The van der Waals surface area contributed by atoms with Crippen molar-refractivity contribution in [2.75, 3.05) is 0 Å². The van der Waals surface area contributed by atoms with E-state index in [1.165, 1.54) is 0 Å². The number of aromatic amines is 1. The van der Waals surface area contributed by atoms with Crippen molar-refractivity contribution >= 4 is 16.9 Å². The zero-order valence-electron chi connectivity index (χ0n) is 16.5. The van der Waals surface area contributed by atoms with Gasteiger partial charge in [0, 0.05) is 16.5 Å². The highest BCUT2D eigenvalue weighted by Gasteiger charge is 2.20. The number of aryl methyl sites for hydroxylation is 2. The van der Waals surface area contributed by atoms with Crippen LogP contribution < -0.4 is 4.74 Å². The monoisotopic (exact) mass is 385 g/mol. The quantitative estimate of drug-likeness (QED) is 0.450. The van der Waals surface area contributed by atoms with Gasteiger partial charge in [0.15, 0.2) is 0 Å². The van der Waals surface area contributed by atoms with Gasteiger partial charge in [0.1, 0.15) is 12.4 Å². The van der Waals surface area contributed by atoms with Crippen molar-refractivity contribution in [1.29, 1.82) is 0 Å². The molecule has 0 aliphatic carbocycles. The van der Waals surface area contributed by atoms with E-state index in [0.29, 0.717) is 6.61 Å². The first-order valence-electron chi connectivity index (χ1n) is 9.63. The lowest BCUT2D eigenvalue weighted by Gasteiger charge is -2.12. The van der Waals surface area contributed by atoms with E-state index in [9.17, 15) is 9.90 Å². The van der Waals surface area contributed by atoms with Gasteiger partial charge in [0.05, 0.1) is 12.1 Å². The van der Waals surface area contributed by atoms with Crippen molar-refractivity contribution < 1.29 is 14.6 Å². The van der Waals surface area contributed by atoms with Crippen LogP contribution in [0, 0.1) is 13.8 Å². The number of fused-ring (bicyclic) bond motifs is 1. The van der Waals surface area contributed by atoms with Crippen LogP contribution in [0.3, 0.4) is 0 Å². The van der Waals surface area contributed by atoms with E-state index in [1.54, 1.807) is 0 Å². The molecule has 0 spiro atoms. The number of para-hydroxylation sites is 1. The Hall–Kier alpha value is -3.53. The molecule has 146 valence electrons. The minimum absolute atomic E-state index is 0.0490. The Morgan fingerprint density at radius 3 is 2.38 bits per heavy atom. The third-order valence-corrected chi connectivity index (χ3v) is 5.20. The summed E-state index contributed by atoms with van der Waals surface area (Å²) < 4.78 is 6.13. The minimum Gasteiger partial charge on any atom is -0.488 e. The Morgan fingerprint density at radius 2 is 1.62 bits per heavy atom. The zero-order chi connectivity index (χ0) is 20.4. The van der Waals surface area contributed by atoms with Crippen molar-refractivity contribution in [3.05, 3.63) is 89.0 Å². The van der Waals surface area contributed by atoms with Crippen LogP contribution in [0.1, 0.15) is 22.3 Å². The smallest absolute Gasteiger partial charge is 0.307 e. The van der Waals surface area contributed by atoms with Crippen molar-refractivity contribution in [3.8, 4) is 17.0 Å². The average molecular weight is 385 g/mol. The molecule has 0 aliphatic heterocycles. The van der Waals surface area contributed by atoms with Crippen molar-refractivity contribution in [1.82, 2.24) is 4.98 Å². The predicted molar refractivity (Wildman–Crippen MR) is 115 cm³/mol. The van der Waals surface area contributed by atoms with Crippen molar-refractivity contribution in [2.45, 2.75) is 26.9 Å². The zero-order valence-corrected chi connectivity index (χ0v) is 16.5. The van der Waals surface area contributed by atoms with Gasteiger partial charge in [-0.2, -0.15) is 0 Å². The topological polar surface area (TPSA) is 62.3 Å². The molecule has 0 unspecified atom stereocenters. The van der Waals surface area contributed by atoms with E-state index >= 15 is 0 Å². The summed E-state index contributed by atoms with van der Waals surface area (Å²) in [6.07, 6.45) is -0.0490. The lowest BCUT2D eigenvalue weighted by molar-refractivity contribution is -0.136. The Bertz CT molecular complexity index is 1180. The highest BCUT2D eigenvalue weighted by molar-refractivity contribution is 5.98. The molecule has 0 atom stereocenters. The second kappa shape index (κ2) is 7.84. The highest BCUT2D eigenvalue weighted by Crippen LogP contribution is 2.38. The molecule has 0 radical (unpaired) electrons. The molecule has 4 rings (SSSR count).